The van der Waals surface area contributed by atoms with Gasteiger partial charge in [0.15, 0.2) is 0 Å². The average Bonchev–Trinajstić information content (AvgIpc) is 2.68. The molecule has 2 aromatic rings. The smallest absolute Gasteiger partial charge is 0.218 e. The molecular weight excluding hydrogens is 244 g/mol. The molecule has 1 aliphatic heterocycles. The van der Waals surface area contributed by atoms with E-state index in [9.17, 15) is 0 Å². The summed E-state index contributed by atoms with van der Waals surface area (Å²) in [5, 5.41) is 4.24. The number of methoxy groups -OCH3 is 2. The molecule has 1 N–H and O–H groups in total. The Morgan fingerprint density at radius 3 is 2.79 bits per heavy atom. The van der Waals surface area contributed by atoms with Gasteiger partial charge in [-0.3, -0.25) is 0 Å². The molecule has 0 radical (unpaired) electrons. The van der Waals surface area contributed by atoms with Crippen molar-refractivity contribution in [3.8, 4) is 17.4 Å². The van der Waals surface area contributed by atoms with Gasteiger partial charge in [-0.25, -0.2) is 4.98 Å². The van der Waals surface area contributed by atoms with Crippen LogP contribution in [0.2, 0.25) is 0 Å². The third kappa shape index (κ3) is 2.06. The SMILES string of the molecule is COc1ccc(OC)c2nc3c(cc12)CNCCO3. The second-order valence-electron chi connectivity index (χ2n) is 4.34. The van der Waals surface area contributed by atoms with E-state index in [2.05, 4.69) is 16.4 Å². The molecule has 0 unspecified atom stereocenters. The summed E-state index contributed by atoms with van der Waals surface area (Å²) < 4.78 is 16.4. The van der Waals surface area contributed by atoms with Crippen LogP contribution in [0.4, 0.5) is 0 Å². The van der Waals surface area contributed by atoms with E-state index in [0.717, 1.165) is 41.1 Å². The van der Waals surface area contributed by atoms with Crippen molar-refractivity contribution in [3.63, 3.8) is 0 Å². The standard InChI is InChI=1S/C14H16N2O3/c1-17-11-3-4-12(18-2)13-10(11)7-9-8-15-5-6-19-14(9)16-13/h3-4,7,15H,5-6,8H2,1-2H3. The predicted octanol–water partition coefficient (Wildman–Crippen LogP) is 1.73. The Morgan fingerprint density at radius 1 is 1.21 bits per heavy atom. The van der Waals surface area contributed by atoms with Crippen LogP contribution in [0.3, 0.4) is 0 Å². The Hall–Kier alpha value is -2.01. The molecule has 3 rings (SSSR count). The van der Waals surface area contributed by atoms with E-state index >= 15 is 0 Å². The first-order chi connectivity index (χ1) is 9.33. The third-order valence-corrected chi connectivity index (χ3v) is 3.22. The lowest BCUT2D eigenvalue weighted by Gasteiger charge is -2.12. The lowest BCUT2D eigenvalue weighted by Crippen LogP contribution is -2.16. The summed E-state index contributed by atoms with van der Waals surface area (Å²) in [6.45, 7) is 2.19. The van der Waals surface area contributed by atoms with Crippen LogP contribution in [0.15, 0.2) is 18.2 Å². The van der Waals surface area contributed by atoms with Gasteiger partial charge in [0, 0.05) is 24.0 Å². The summed E-state index contributed by atoms with van der Waals surface area (Å²) in [4.78, 5) is 4.59. The molecule has 1 aromatic carbocycles. The van der Waals surface area contributed by atoms with Gasteiger partial charge in [-0.2, -0.15) is 0 Å². The molecule has 5 heteroatoms. The highest BCUT2D eigenvalue weighted by atomic mass is 16.5. The number of fused-ring (bicyclic) bond motifs is 2. The number of pyridine rings is 1. The van der Waals surface area contributed by atoms with Crippen LogP contribution >= 0.6 is 0 Å². The fourth-order valence-electron chi connectivity index (χ4n) is 2.27. The van der Waals surface area contributed by atoms with Crippen molar-refractivity contribution in [1.29, 1.82) is 0 Å². The van der Waals surface area contributed by atoms with E-state index in [1.54, 1.807) is 14.2 Å². The molecule has 0 amide bonds. The molecule has 1 aromatic heterocycles. The van der Waals surface area contributed by atoms with Gasteiger partial charge in [-0.1, -0.05) is 0 Å². The third-order valence-electron chi connectivity index (χ3n) is 3.22. The zero-order valence-corrected chi connectivity index (χ0v) is 11.0. The minimum absolute atomic E-state index is 0.623. The zero-order valence-electron chi connectivity index (χ0n) is 11.0. The number of rotatable bonds is 2. The van der Waals surface area contributed by atoms with Gasteiger partial charge in [0.2, 0.25) is 5.88 Å². The Balaban J connectivity index is 2.26. The predicted molar refractivity (Wildman–Crippen MR) is 72.0 cm³/mol. The van der Waals surface area contributed by atoms with Crippen LogP contribution in [0.25, 0.3) is 10.9 Å². The summed E-state index contributed by atoms with van der Waals surface area (Å²) in [7, 11) is 3.29. The van der Waals surface area contributed by atoms with E-state index in [1.165, 1.54) is 0 Å². The summed E-state index contributed by atoms with van der Waals surface area (Å²) in [6.07, 6.45) is 0. The molecule has 0 bridgehead atoms. The van der Waals surface area contributed by atoms with E-state index in [1.807, 2.05) is 12.1 Å². The first-order valence-electron chi connectivity index (χ1n) is 6.21. The van der Waals surface area contributed by atoms with Crippen LogP contribution in [0, 0.1) is 0 Å². The highest BCUT2D eigenvalue weighted by Crippen LogP contribution is 2.35. The summed E-state index contributed by atoms with van der Waals surface area (Å²) in [5.41, 5.74) is 1.80. The number of nitrogens with zero attached hydrogens (tertiary/aromatic N) is 1. The van der Waals surface area contributed by atoms with Crippen LogP contribution in [-0.2, 0) is 6.54 Å². The topological polar surface area (TPSA) is 52.6 Å². The molecule has 0 fully saturated rings. The Bertz CT molecular complexity index is 561. The molecular formula is C14H16N2O3. The molecule has 1 aliphatic rings. The van der Waals surface area contributed by atoms with Gasteiger partial charge >= 0.3 is 0 Å². The van der Waals surface area contributed by atoms with E-state index < -0.39 is 0 Å². The molecule has 0 atom stereocenters. The second-order valence-corrected chi connectivity index (χ2v) is 4.34. The van der Waals surface area contributed by atoms with Gasteiger partial charge in [0.05, 0.1) is 14.2 Å². The number of nitrogens with one attached hydrogen (secondary N) is 1. The molecule has 0 saturated carbocycles. The van der Waals surface area contributed by atoms with Crippen molar-refractivity contribution in [2.75, 3.05) is 27.4 Å². The fraction of sp³-hybridized carbons (Fsp3) is 0.357. The largest absolute Gasteiger partial charge is 0.496 e. The molecule has 2 heterocycles. The Labute approximate surface area is 111 Å². The number of hydrogen-bond acceptors (Lipinski definition) is 5. The number of benzene rings is 1. The monoisotopic (exact) mass is 260 g/mol. The van der Waals surface area contributed by atoms with Crippen LogP contribution in [-0.4, -0.2) is 32.4 Å². The van der Waals surface area contributed by atoms with Gasteiger partial charge in [-0.05, 0) is 18.2 Å². The molecule has 0 aliphatic carbocycles. The van der Waals surface area contributed by atoms with Crippen molar-refractivity contribution in [2.24, 2.45) is 0 Å². The number of ether oxygens (including phenoxy) is 3. The number of hydrogen-bond donors (Lipinski definition) is 1. The van der Waals surface area contributed by atoms with Gasteiger partial charge in [0.1, 0.15) is 23.6 Å². The molecule has 0 saturated heterocycles. The van der Waals surface area contributed by atoms with Crippen LogP contribution in [0.5, 0.6) is 17.4 Å². The summed E-state index contributed by atoms with van der Waals surface area (Å²) in [5.74, 6) is 2.18. The van der Waals surface area contributed by atoms with Crippen LogP contribution < -0.4 is 19.5 Å². The van der Waals surface area contributed by atoms with Gasteiger partial charge in [0.25, 0.3) is 0 Å². The minimum Gasteiger partial charge on any atom is -0.496 e. The van der Waals surface area contributed by atoms with Crippen molar-refractivity contribution >= 4 is 10.9 Å². The zero-order chi connectivity index (χ0) is 13.2. The maximum Gasteiger partial charge on any atom is 0.218 e. The van der Waals surface area contributed by atoms with Gasteiger partial charge in [-0.15, -0.1) is 0 Å². The normalized spacial score (nSPS) is 14.4. The van der Waals surface area contributed by atoms with E-state index in [4.69, 9.17) is 14.2 Å². The quantitative estimate of drug-likeness (QED) is 0.891. The van der Waals surface area contributed by atoms with Crippen molar-refractivity contribution in [1.82, 2.24) is 10.3 Å². The molecule has 100 valence electrons. The first kappa shape index (κ1) is 12.0. The van der Waals surface area contributed by atoms with Crippen molar-refractivity contribution in [2.45, 2.75) is 6.54 Å². The second kappa shape index (κ2) is 4.93. The molecule has 0 spiro atoms. The average molecular weight is 260 g/mol. The Kier molecular flexibility index (Phi) is 3.13. The minimum atomic E-state index is 0.623. The highest BCUT2D eigenvalue weighted by molar-refractivity contribution is 5.91. The van der Waals surface area contributed by atoms with E-state index in [-0.39, 0.29) is 0 Å². The maximum absolute atomic E-state index is 5.66. The van der Waals surface area contributed by atoms with Crippen molar-refractivity contribution in [3.05, 3.63) is 23.8 Å². The lowest BCUT2D eigenvalue weighted by atomic mass is 10.1. The van der Waals surface area contributed by atoms with Gasteiger partial charge < -0.3 is 19.5 Å². The van der Waals surface area contributed by atoms with E-state index in [0.29, 0.717) is 12.5 Å². The maximum atomic E-state index is 5.66. The molecule has 5 nitrogen and oxygen atoms in total. The summed E-state index contributed by atoms with van der Waals surface area (Å²) >= 11 is 0. The van der Waals surface area contributed by atoms with Crippen LogP contribution in [0.1, 0.15) is 5.56 Å². The first-order valence-corrected chi connectivity index (χ1v) is 6.21. The molecule has 19 heavy (non-hydrogen) atoms. The Morgan fingerprint density at radius 2 is 2.00 bits per heavy atom. The lowest BCUT2D eigenvalue weighted by molar-refractivity contribution is 0.314. The number of aromatic nitrogens is 1. The highest BCUT2D eigenvalue weighted by Gasteiger charge is 2.16. The fourth-order valence-corrected chi connectivity index (χ4v) is 2.27. The van der Waals surface area contributed by atoms with Crippen molar-refractivity contribution < 1.29 is 14.2 Å². The summed E-state index contributed by atoms with van der Waals surface area (Å²) in [6, 6.07) is 5.80.